The fourth-order valence-corrected chi connectivity index (χ4v) is 1.45. The number of aliphatic carboxylic acids is 1. The number of halogens is 1. The van der Waals surface area contributed by atoms with Gasteiger partial charge in [0.15, 0.2) is 11.5 Å². The maximum atomic E-state index is 10.4. The van der Waals surface area contributed by atoms with Crippen LogP contribution >= 0.6 is 12.4 Å². The van der Waals surface area contributed by atoms with Crippen LogP contribution in [-0.2, 0) is 4.79 Å². The first-order chi connectivity index (χ1) is 8.63. The highest BCUT2D eigenvalue weighted by molar-refractivity contribution is 5.85. The Balaban J connectivity index is 0.00000324. The molecule has 6 heteroatoms. The maximum Gasteiger partial charge on any atom is 0.304 e. The molecule has 19 heavy (non-hydrogen) atoms. The van der Waals surface area contributed by atoms with E-state index in [0.717, 1.165) is 0 Å². The third-order valence-corrected chi connectivity index (χ3v) is 2.51. The van der Waals surface area contributed by atoms with Crippen LogP contribution in [0, 0.1) is 0 Å². The summed E-state index contributed by atoms with van der Waals surface area (Å²) in [5.74, 6) is 0.616. The second kappa shape index (κ2) is 9.47. The molecule has 1 N–H and O–H groups in total. The van der Waals surface area contributed by atoms with Gasteiger partial charge in [0.1, 0.15) is 6.61 Å². The molecule has 1 aromatic rings. The molecule has 0 aromatic heterocycles. The van der Waals surface area contributed by atoms with Crippen molar-refractivity contribution in [2.45, 2.75) is 6.42 Å². The zero-order valence-electron chi connectivity index (χ0n) is 11.2. The normalized spacial score (nSPS) is 9.84. The van der Waals surface area contributed by atoms with Gasteiger partial charge in [-0.2, -0.15) is 0 Å². The number of hydrogen-bond acceptors (Lipinski definition) is 4. The average molecular weight is 290 g/mol. The van der Waals surface area contributed by atoms with Gasteiger partial charge in [0.05, 0.1) is 13.5 Å². The summed E-state index contributed by atoms with van der Waals surface area (Å²) in [5.41, 5.74) is 0. The predicted octanol–water partition coefficient (Wildman–Crippen LogP) is 1.90. The molecule has 1 aromatic carbocycles. The Bertz CT molecular complexity index is 387. The molecule has 0 bridgehead atoms. The van der Waals surface area contributed by atoms with Gasteiger partial charge in [0.2, 0.25) is 0 Å². The molecular formula is C13H20ClNO4. The molecule has 0 aliphatic heterocycles. The SMILES string of the molecule is COc1ccccc1OCCN(C)CCC(=O)O.Cl. The van der Waals surface area contributed by atoms with Crippen LogP contribution < -0.4 is 9.47 Å². The monoisotopic (exact) mass is 289 g/mol. The number of rotatable bonds is 8. The molecule has 0 atom stereocenters. The Morgan fingerprint density at radius 2 is 1.89 bits per heavy atom. The molecule has 1 rings (SSSR count). The summed E-state index contributed by atoms with van der Waals surface area (Å²) in [4.78, 5) is 12.3. The lowest BCUT2D eigenvalue weighted by Crippen LogP contribution is -2.26. The maximum absolute atomic E-state index is 10.4. The Morgan fingerprint density at radius 1 is 1.26 bits per heavy atom. The Hall–Kier alpha value is -1.46. The van der Waals surface area contributed by atoms with Crippen molar-refractivity contribution in [3.05, 3.63) is 24.3 Å². The van der Waals surface area contributed by atoms with Crippen LogP contribution in [0.3, 0.4) is 0 Å². The quantitative estimate of drug-likeness (QED) is 0.792. The van der Waals surface area contributed by atoms with E-state index in [2.05, 4.69) is 0 Å². The molecule has 0 unspecified atom stereocenters. The van der Waals surface area contributed by atoms with Crippen LogP contribution in [0.1, 0.15) is 6.42 Å². The minimum Gasteiger partial charge on any atom is -0.493 e. The Labute approximate surface area is 119 Å². The first kappa shape index (κ1) is 17.5. The molecule has 0 aliphatic carbocycles. The zero-order valence-corrected chi connectivity index (χ0v) is 12.0. The number of carbonyl (C=O) groups is 1. The standard InChI is InChI=1S/C13H19NO4.ClH/c1-14(8-7-13(15)16)9-10-18-12-6-4-3-5-11(12)17-2;/h3-6H,7-10H2,1-2H3,(H,15,16);1H. The highest BCUT2D eigenvalue weighted by atomic mass is 35.5. The van der Waals surface area contributed by atoms with Crippen LogP contribution in [0.5, 0.6) is 11.5 Å². The first-order valence-electron chi connectivity index (χ1n) is 5.79. The molecule has 0 saturated heterocycles. The van der Waals surface area contributed by atoms with E-state index in [1.54, 1.807) is 7.11 Å². The lowest BCUT2D eigenvalue weighted by Gasteiger charge is -2.16. The molecule has 0 spiro atoms. The number of carboxylic acids is 1. The van der Waals surface area contributed by atoms with Crippen LogP contribution in [0.4, 0.5) is 0 Å². The van der Waals surface area contributed by atoms with Crippen LogP contribution in [0.2, 0.25) is 0 Å². The number of likely N-dealkylation sites (N-methyl/N-ethyl adjacent to an activating group) is 1. The van der Waals surface area contributed by atoms with Crippen molar-refractivity contribution in [1.82, 2.24) is 4.90 Å². The van der Waals surface area contributed by atoms with Gasteiger partial charge < -0.3 is 19.5 Å². The number of para-hydroxylation sites is 2. The summed E-state index contributed by atoms with van der Waals surface area (Å²) in [6, 6.07) is 7.44. The number of nitrogens with zero attached hydrogens (tertiary/aromatic N) is 1. The van der Waals surface area contributed by atoms with Gasteiger partial charge in [-0.05, 0) is 19.2 Å². The number of ether oxygens (including phenoxy) is 2. The van der Waals surface area contributed by atoms with Crippen molar-refractivity contribution in [2.75, 3.05) is 33.9 Å². The predicted molar refractivity (Wildman–Crippen MR) is 75.5 cm³/mol. The fourth-order valence-electron chi connectivity index (χ4n) is 1.45. The second-order valence-corrected chi connectivity index (χ2v) is 3.95. The van der Waals surface area contributed by atoms with Crippen LogP contribution in [0.25, 0.3) is 0 Å². The number of methoxy groups -OCH3 is 1. The van der Waals surface area contributed by atoms with E-state index < -0.39 is 5.97 Å². The topological polar surface area (TPSA) is 59.0 Å². The lowest BCUT2D eigenvalue weighted by molar-refractivity contribution is -0.137. The van der Waals surface area contributed by atoms with Crippen molar-refractivity contribution >= 4 is 18.4 Å². The van der Waals surface area contributed by atoms with E-state index in [4.69, 9.17) is 14.6 Å². The molecule has 0 fully saturated rings. The van der Waals surface area contributed by atoms with Gasteiger partial charge in [-0.3, -0.25) is 4.79 Å². The minimum atomic E-state index is -0.785. The number of carboxylic acid groups (broad SMARTS) is 1. The molecule has 108 valence electrons. The molecule has 5 nitrogen and oxygen atoms in total. The molecule has 0 heterocycles. The van der Waals surface area contributed by atoms with Crippen molar-refractivity contribution in [3.8, 4) is 11.5 Å². The second-order valence-electron chi connectivity index (χ2n) is 3.95. The van der Waals surface area contributed by atoms with E-state index >= 15 is 0 Å². The van der Waals surface area contributed by atoms with E-state index in [1.165, 1.54) is 0 Å². The summed E-state index contributed by atoms with van der Waals surface area (Å²) in [5, 5.41) is 8.56. The third-order valence-electron chi connectivity index (χ3n) is 2.51. The van der Waals surface area contributed by atoms with Gasteiger partial charge in [-0.25, -0.2) is 0 Å². The van der Waals surface area contributed by atoms with Crippen molar-refractivity contribution in [3.63, 3.8) is 0 Å². The molecular weight excluding hydrogens is 270 g/mol. The van der Waals surface area contributed by atoms with Crippen molar-refractivity contribution in [1.29, 1.82) is 0 Å². The molecule has 0 radical (unpaired) electrons. The summed E-state index contributed by atoms with van der Waals surface area (Å²) >= 11 is 0. The van der Waals surface area contributed by atoms with Crippen LogP contribution in [0.15, 0.2) is 24.3 Å². The summed E-state index contributed by atoms with van der Waals surface area (Å²) < 4.78 is 10.8. The highest BCUT2D eigenvalue weighted by Gasteiger charge is 2.05. The zero-order chi connectivity index (χ0) is 13.4. The Kier molecular flexibility index (Phi) is 8.74. The fraction of sp³-hybridized carbons (Fsp3) is 0.462. The summed E-state index contributed by atoms with van der Waals surface area (Å²) in [6.07, 6.45) is 0.144. The largest absolute Gasteiger partial charge is 0.493 e. The lowest BCUT2D eigenvalue weighted by atomic mass is 10.3. The number of benzene rings is 1. The minimum absolute atomic E-state index is 0. The summed E-state index contributed by atoms with van der Waals surface area (Å²) in [7, 11) is 3.47. The van der Waals surface area contributed by atoms with Gasteiger partial charge >= 0.3 is 5.97 Å². The van der Waals surface area contributed by atoms with E-state index in [0.29, 0.717) is 31.2 Å². The Morgan fingerprint density at radius 3 is 2.47 bits per heavy atom. The summed E-state index contributed by atoms with van der Waals surface area (Å²) in [6.45, 7) is 1.69. The molecule has 0 amide bonds. The van der Waals surface area contributed by atoms with Gasteiger partial charge in [0, 0.05) is 13.1 Å². The van der Waals surface area contributed by atoms with Crippen LogP contribution in [-0.4, -0.2) is 49.8 Å². The average Bonchev–Trinajstić information content (AvgIpc) is 2.37. The first-order valence-corrected chi connectivity index (χ1v) is 5.79. The van der Waals surface area contributed by atoms with Gasteiger partial charge in [-0.15, -0.1) is 12.4 Å². The van der Waals surface area contributed by atoms with Crippen molar-refractivity contribution in [2.24, 2.45) is 0 Å². The van der Waals surface area contributed by atoms with Gasteiger partial charge in [-0.1, -0.05) is 12.1 Å². The van der Waals surface area contributed by atoms with Gasteiger partial charge in [0.25, 0.3) is 0 Å². The number of hydrogen-bond donors (Lipinski definition) is 1. The third kappa shape index (κ3) is 6.88. The van der Waals surface area contributed by atoms with E-state index in [1.807, 2.05) is 36.2 Å². The van der Waals surface area contributed by atoms with E-state index in [-0.39, 0.29) is 18.8 Å². The molecule has 0 saturated carbocycles. The van der Waals surface area contributed by atoms with E-state index in [9.17, 15) is 4.79 Å². The highest BCUT2D eigenvalue weighted by Crippen LogP contribution is 2.25. The molecule has 0 aliphatic rings. The van der Waals surface area contributed by atoms with Crippen molar-refractivity contribution < 1.29 is 19.4 Å². The smallest absolute Gasteiger partial charge is 0.304 e.